The van der Waals surface area contributed by atoms with Crippen LogP contribution in [0.4, 0.5) is 4.39 Å². The standard InChI is InChI=1S/C13H15FN2O4S/c1-15-10-6-16(21(2,18)19)7-12(10)20-11-5-8(14)3-4-9(11)13(15)17/h3-5,10,12H,6-7H2,1-2H3/t10-,12+/m1/s1. The molecular weight excluding hydrogens is 299 g/mol. The SMILES string of the molecule is CN1C(=O)c2ccc(F)cc2O[C@H]2CN(S(C)(=O)=O)C[C@H]21. The first-order chi connectivity index (χ1) is 9.77. The van der Waals surface area contributed by atoms with Crippen LogP contribution in [-0.4, -0.2) is 62.1 Å². The van der Waals surface area contributed by atoms with Crippen LogP contribution in [-0.2, 0) is 10.0 Å². The minimum atomic E-state index is -3.36. The summed E-state index contributed by atoms with van der Waals surface area (Å²) in [5.41, 5.74) is 0.291. The Morgan fingerprint density at radius 1 is 1.33 bits per heavy atom. The lowest BCUT2D eigenvalue weighted by atomic mass is 10.1. The molecule has 1 amide bonds. The second-order valence-corrected chi connectivity index (χ2v) is 7.34. The van der Waals surface area contributed by atoms with E-state index in [9.17, 15) is 17.6 Å². The number of rotatable bonds is 1. The predicted molar refractivity (Wildman–Crippen MR) is 73.1 cm³/mol. The number of likely N-dealkylation sites (N-methyl/N-ethyl adjacent to an activating group) is 1. The van der Waals surface area contributed by atoms with Crippen LogP contribution in [0, 0.1) is 5.82 Å². The van der Waals surface area contributed by atoms with Gasteiger partial charge in [0.1, 0.15) is 17.7 Å². The third-order valence-corrected chi connectivity index (χ3v) is 5.18. The number of halogens is 1. The van der Waals surface area contributed by atoms with Gasteiger partial charge >= 0.3 is 0 Å². The Balaban J connectivity index is 2.00. The molecule has 1 saturated heterocycles. The summed E-state index contributed by atoms with van der Waals surface area (Å²) < 4.78 is 43.7. The van der Waals surface area contributed by atoms with Crippen molar-refractivity contribution in [1.29, 1.82) is 0 Å². The molecule has 0 unspecified atom stereocenters. The maximum Gasteiger partial charge on any atom is 0.257 e. The number of benzene rings is 1. The zero-order chi connectivity index (χ0) is 15.4. The molecule has 2 aliphatic rings. The molecule has 2 heterocycles. The largest absolute Gasteiger partial charge is 0.486 e. The number of hydrogen-bond acceptors (Lipinski definition) is 4. The van der Waals surface area contributed by atoms with Gasteiger partial charge < -0.3 is 9.64 Å². The third-order valence-electron chi connectivity index (χ3n) is 3.94. The van der Waals surface area contributed by atoms with Gasteiger partial charge in [-0.15, -0.1) is 0 Å². The van der Waals surface area contributed by atoms with Crippen molar-refractivity contribution in [3.63, 3.8) is 0 Å². The monoisotopic (exact) mass is 314 g/mol. The van der Waals surface area contributed by atoms with E-state index in [0.717, 1.165) is 12.3 Å². The first-order valence-corrected chi connectivity index (χ1v) is 8.30. The fourth-order valence-electron chi connectivity index (χ4n) is 2.76. The minimum Gasteiger partial charge on any atom is -0.486 e. The van der Waals surface area contributed by atoms with E-state index in [4.69, 9.17) is 4.74 Å². The summed E-state index contributed by atoms with van der Waals surface area (Å²) in [5.74, 6) is -0.636. The van der Waals surface area contributed by atoms with E-state index < -0.39 is 21.9 Å². The Morgan fingerprint density at radius 3 is 2.71 bits per heavy atom. The summed E-state index contributed by atoms with van der Waals surface area (Å²) in [6.07, 6.45) is 0.616. The van der Waals surface area contributed by atoms with Crippen LogP contribution >= 0.6 is 0 Å². The number of amides is 1. The highest BCUT2D eigenvalue weighted by molar-refractivity contribution is 7.88. The van der Waals surface area contributed by atoms with E-state index in [1.165, 1.54) is 21.3 Å². The van der Waals surface area contributed by atoms with E-state index in [-0.39, 0.29) is 30.8 Å². The highest BCUT2D eigenvalue weighted by atomic mass is 32.2. The van der Waals surface area contributed by atoms with Crippen LogP contribution < -0.4 is 4.74 Å². The highest BCUT2D eigenvalue weighted by Crippen LogP contribution is 2.31. The Morgan fingerprint density at radius 2 is 2.05 bits per heavy atom. The van der Waals surface area contributed by atoms with Crippen LogP contribution in [0.3, 0.4) is 0 Å². The molecule has 0 aromatic heterocycles. The van der Waals surface area contributed by atoms with Crippen molar-refractivity contribution in [2.45, 2.75) is 12.1 Å². The number of hydrogen-bond donors (Lipinski definition) is 0. The molecule has 0 aliphatic carbocycles. The molecular formula is C13H15FN2O4S. The van der Waals surface area contributed by atoms with Gasteiger partial charge in [0.2, 0.25) is 10.0 Å². The van der Waals surface area contributed by atoms with Crippen molar-refractivity contribution in [3.05, 3.63) is 29.6 Å². The van der Waals surface area contributed by atoms with Crippen molar-refractivity contribution < 1.29 is 22.3 Å². The van der Waals surface area contributed by atoms with Crippen molar-refractivity contribution in [3.8, 4) is 5.75 Å². The average Bonchev–Trinajstić information content (AvgIpc) is 2.77. The summed E-state index contributed by atoms with van der Waals surface area (Å²) in [7, 11) is -1.75. The van der Waals surface area contributed by atoms with E-state index in [0.29, 0.717) is 5.56 Å². The fourth-order valence-corrected chi connectivity index (χ4v) is 3.60. The molecule has 0 spiro atoms. The lowest BCUT2D eigenvalue weighted by Gasteiger charge is -2.25. The summed E-state index contributed by atoms with van der Waals surface area (Å²) in [4.78, 5) is 13.9. The van der Waals surface area contributed by atoms with Crippen LogP contribution in [0.25, 0.3) is 0 Å². The zero-order valence-corrected chi connectivity index (χ0v) is 12.4. The highest BCUT2D eigenvalue weighted by Gasteiger charge is 2.44. The predicted octanol–water partition coefficient (Wildman–Crippen LogP) is 0.303. The van der Waals surface area contributed by atoms with Gasteiger partial charge in [-0.3, -0.25) is 4.79 Å². The maximum absolute atomic E-state index is 13.4. The molecule has 1 aromatic rings. The molecule has 0 N–H and O–H groups in total. The van der Waals surface area contributed by atoms with Gasteiger partial charge in [-0.1, -0.05) is 0 Å². The topological polar surface area (TPSA) is 66.9 Å². The van der Waals surface area contributed by atoms with Gasteiger partial charge in [0, 0.05) is 19.7 Å². The number of carbonyl (C=O) groups is 1. The number of sulfonamides is 1. The first-order valence-electron chi connectivity index (χ1n) is 6.46. The summed E-state index contributed by atoms with van der Waals surface area (Å²) >= 11 is 0. The first kappa shape index (κ1) is 14.3. The number of nitrogens with zero attached hydrogens (tertiary/aromatic N) is 2. The molecule has 6 nitrogen and oxygen atoms in total. The van der Waals surface area contributed by atoms with Gasteiger partial charge in [-0.25, -0.2) is 12.8 Å². The lowest BCUT2D eigenvalue weighted by molar-refractivity contribution is 0.0683. The van der Waals surface area contributed by atoms with Crippen molar-refractivity contribution in [2.24, 2.45) is 0 Å². The van der Waals surface area contributed by atoms with Crippen molar-refractivity contribution >= 4 is 15.9 Å². The van der Waals surface area contributed by atoms with Crippen molar-refractivity contribution in [2.75, 3.05) is 26.4 Å². The average molecular weight is 314 g/mol. The second kappa shape index (κ2) is 4.67. The Hall–Kier alpha value is -1.67. The van der Waals surface area contributed by atoms with Crippen LogP contribution in [0.1, 0.15) is 10.4 Å². The fraction of sp³-hybridized carbons (Fsp3) is 0.462. The van der Waals surface area contributed by atoms with Crippen molar-refractivity contribution in [1.82, 2.24) is 9.21 Å². The van der Waals surface area contributed by atoms with Gasteiger partial charge in [0.15, 0.2) is 0 Å². The van der Waals surface area contributed by atoms with Crippen LogP contribution in [0.5, 0.6) is 5.75 Å². The molecule has 1 fully saturated rings. The number of fused-ring (bicyclic) bond motifs is 2. The van der Waals surface area contributed by atoms with Crippen LogP contribution in [0.15, 0.2) is 18.2 Å². The minimum absolute atomic E-state index is 0.150. The van der Waals surface area contributed by atoms with Gasteiger partial charge in [0.05, 0.1) is 24.4 Å². The Bertz CT molecular complexity index is 706. The summed E-state index contributed by atoms with van der Waals surface area (Å²) in [5, 5.41) is 0. The third kappa shape index (κ3) is 2.38. The Kier molecular flexibility index (Phi) is 3.18. The molecule has 2 atom stereocenters. The van der Waals surface area contributed by atoms with Gasteiger partial charge in [-0.05, 0) is 12.1 Å². The van der Waals surface area contributed by atoms with E-state index in [2.05, 4.69) is 0 Å². The quantitative estimate of drug-likeness (QED) is 0.748. The lowest BCUT2D eigenvalue weighted by Crippen LogP contribution is -2.44. The number of carbonyl (C=O) groups excluding carboxylic acids is 1. The summed E-state index contributed by atoms with van der Waals surface area (Å²) in [6.45, 7) is 0.333. The number of ether oxygens (including phenoxy) is 1. The molecule has 0 bridgehead atoms. The smallest absolute Gasteiger partial charge is 0.257 e. The normalized spacial score (nSPS) is 26.0. The molecule has 3 rings (SSSR count). The molecule has 114 valence electrons. The second-order valence-electron chi connectivity index (χ2n) is 5.36. The van der Waals surface area contributed by atoms with Crippen LogP contribution in [0.2, 0.25) is 0 Å². The van der Waals surface area contributed by atoms with Gasteiger partial charge in [-0.2, -0.15) is 4.31 Å². The zero-order valence-electron chi connectivity index (χ0n) is 11.6. The molecule has 21 heavy (non-hydrogen) atoms. The Labute approximate surface area is 122 Å². The molecule has 1 aromatic carbocycles. The van der Waals surface area contributed by atoms with E-state index in [1.54, 1.807) is 7.05 Å². The van der Waals surface area contributed by atoms with Gasteiger partial charge in [0.25, 0.3) is 5.91 Å². The molecule has 0 radical (unpaired) electrons. The van der Waals surface area contributed by atoms with E-state index >= 15 is 0 Å². The summed E-state index contributed by atoms with van der Waals surface area (Å²) in [6, 6.07) is 3.37. The molecule has 0 saturated carbocycles. The molecule has 2 aliphatic heterocycles. The van der Waals surface area contributed by atoms with E-state index in [1.807, 2.05) is 0 Å². The maximum atomic E-state index is 13.4. The molecule has 8 heteroatoms.